The maximum atomic E-state index is 10.9. The Bertz CT molecular complexity index is 516. The number of halogens is 1. The number of nitrogens with zero attached hydrogens (tertiary/aromatic N) is 1. The summed E-state index contributed by atoms with van der Waals surface area (Å²) in [6.45, 7) is 0.688. The van der Waals surface area contributed by atoms with Crippen molar-refractivity contribution in [1.82, 2.24) is 4.98 Å². The predicted octanol–water partition coefficient (Wildman–Crippen LogP) is 2.30. The SMILES string of the molecule is N=Cc1c(NC2CCCCO2)ncc(Cl)c1CC(=O)O. The highest BCUT2D eigenvalue weighted by atomic mass is 35.5. The lowest BCUT2D eigenvalue weighted by atomic mass is 10.1. The molecule has 1 saturated heterocycles. The van der Waals surface area contributed by atoms with Gasteiger partial charge in [-0.1, -0.05) is 11.6 Å². The Balaban J connectivity index is 2.27. The number of aromatic nitrogens is 1. The molecule has 2 rings (SSSR count). The minimum Gasteiger partial charge on any atom is -0.481 e. The standard InChI is InChI=1S/C13H16ClN3O3/c14-10-7-16-13(17-11-3-1-2-4-20-11)9(6-15)8(10)5-12(18)19/h6-7,11,15H,1-5H2,(H,16,17)(H,18,19). The highest BCUT2D eigenvalue weighted by Gasteiger charge is 2.19. The number of hydrogen-bond donors (Lipinski definition) is 3. The van der Waals surface area contributed by atoms with Crippen molar-refractivity contribution in [3.63, 3.8) is 0 Å². The van der Waals surface area contributed by atoms with Crippen molar-refractivity contribution in [2.75, 3.05) is 11.9 Å². The van der Waals surface area contributed by atoms with Gasteiger partial charge < -0.3 is 20.6 Å². The first-order valence-corrected chi connectivity index (χ1v) is 6.77. The molecule has 0 spiro atoms. The van der Waals surface area contributed by atoms with Gasteiger partial charge >= 0.3 is 5.97 Å². The van der Waals surface area contributed by atoms with E-state index in [9.17, 15) is 4.79 Å². The van der Waals surface area contributed by atoms with Gasteiger partial charge in [0.1, 0.15) is 12.0 Å². The third-order valence-corrected chi connectivity index (χ3v) is 3.45. The summed E-state index contributed by atoms with van der Waals surface area (Å²) >= 11 is 5.98. The van der Waals surface area contributed by atoms with Gasteiger partial charge in [-0.25, -0.2) is 4.98 Å². The Morgan fingerprint density at radius 2 is 2.45 bits per heavy atom. The van der Waals surface area contributed by atoms with E-state index in [1.54, 1.807) is 0 Å². The van der Waals surface area contributed by atoms with Crippen molar-refractivity contribution < 1.29 is 14.6 Å². The second kappa shape index (κ2) is 6.67. The summed E-state index contributed by atoms with van der Waals surface area (Å²) in [5, 5.41) is 19.8. The molecule has 0 radical (unpaired) electrons. The first kappa shape index (κ1) is 14.7. The fourth-order valence-corrected chi connectivity index (χ4v) is 2.37. The molecule has 0 bridgehead atoms. The van der Waals surface area contributed by atoms with Crippen LogP contribution in [0.1, 0.15) is 30.4 Å². The number of carboxylic acids is 1. The molecule has 1 aliphatic heterocycles. The van der Waals surface area contributed by atoms with Crippen LogP contribution in [0.3, 0.4) is 0 Å². The molecule has 6 nitrogen and oxygen atoms in total. The van der Waals surface area contributed by atoms with Crippen LogP contribution in [0.25, 0.3) is 0 Å². The van der Waals surface area contributed by atoms with Gasteiger partial charge in [-0.2, -0.15) is 0 Å². The first-order valence-electron chi connectivity index (χ1n) is 6.39. The number of hydrogen-bond acceptors (Lipinski definition) is 5. The van der Waals surface area contributed by atoms with Gasteiger partial charge in [0.05, 0.1) is 11.4 Å². The van der Waals surface area contributed by atoms with E-state index in [-0.39, 0.29) is 17.7 Å². The van der Waals surface area contributed by atoms with Crippen LogP contribution in [0.5, 0.6) is 0 Å². The Morgan fingerprint density at radius 1 is 1.65 bits per heavy atom. The topological polar surface area (TPSA) is 95.3 Å². The van der Waals surface area contributed by atoms with Gasteiger partial charge in [-0.3, -0.25) is 4.79 Å². The zero-order valence-corrected chi connectivity index (χ0v) is 11.6. The molecule has 0 aromatic carbocycles. The quantitative estimate of drug-likeness (QED) is 0.725. The van der Waals surface area contributed by atoms with Gasteiger partial charge in [-0.15, -0.1) is 0 Å². The molecule has 20 heavy (non-hydrogen) atoms. The zero-order valence-electron chi connectivity index (χ0n) is 10.9. The molecule has 2 heterocycles. The minimum atomic E-state index is -0.999. The number of rotatable bonds is 5. The molecule has 1 aliphatic rings. The molecule has 0 saturated carbocycles. The van der Waals surface area contributed by atoms with Crippen molar-refractivity contribution in [3.8, 4) is 0 Å². The fraction of sp³-hybridized carbons (Fsp3) is 0.462. The zero-order chi connectivity index (χ0) is 14.5. The van der Waals surface area contributed by atoms with Crippen LogP contribution in [0.2, 0.25) is 5.02 Å². The van der Waals surface area contributed by atoms with E-state index >= 15 is 0 Å². The summed E-state index contributed by atoms with van der Waals surface area (Å²) in [4.78, 5) is 15.0. The van der Waals surface area contributed by atoms with Crippen LogP contribution in [-0.2, 0) is 16.0 Å². The molecular weight excluding hydrogens is 282 g/mol. The summed E-state index contributed by atoms with van der Waals surface area (Å²) in [5.41, 5.74) is 0.788. The number of carbonyl (C=O) groups is 1. The number of pyridine rings is 1. The third-order valence-electron chi connectivity index (χ3n) is 3.13. The number of ether oxygens (including phenoxy) is 1. The molecule has 108 valence electrons. The highest BCUT2D eigenvalue weighted by Crippen LogP contribution is 2.26. The van der Waals surface area contributed by atoms with Crippen molar-refractivity contribution in [1.29, 1.82) is 5.41 Å². The molecular formula is C13H16ClN3O3. The molecule has 0 aliphatic carbocycles. The summed E-state index contributed by atoms with van der Waals surface area (Å²) in [5.74, 6) is -0.561. The molecule has 1 unspecified atom stereocenters. The van der Waals surface area contributed by atoms with E-state index in [0.717, 1.165) is 25.5 Å². The van der Waals surface area contributed by atoms with E-state index in [1.807, 2.05) is 0 Å². The summed E-state index contributed by atoms with van der Waals surface area (Å²) in [6.07, 6.45) is 5.03. The number of anilines is 1. The Labute approximate surface area is 121 Å². The highest BCUT2D eigenvalue weighted by molar-refractivity contribution is 6.32. The lowest BCUT2D eigenvalue weighted by Crippen LogP contribution is -2.28. The first-order chi connectivity index (χ1) is 9.61. The van der Waals surface area contributed by atoms with Crippen LogP contribution in [-0.4, -0.2) is 35.1 Å². The lowest BCUT2D eigenvalue weighted by Gasteiger charge is -2.25. The molecule has 1 atom stereocenters. The Kier molecular flexibility index (Phi) is 4.92. The smallest absolute Gasteiger partial charge is 0.307 e. The van der Waals surface area contributed by atoms with Crippen LogP contribution >= 0.6 is 11.6 Å². The van der Waals surface area contributed by atoms with Crippen molar-refractivity contribution in [2.45, 2.75) is 31.9 Å². The molecule has 0 amide bonds. The van der Waals surface area contributed by atoms with Crippen LogP contribution in [0.15, 0.2) is 6.20 Å². The third kappa shape index (κ3) is 3.46. The van der Waals surface area contributed by atoms with Gasteiger partial charge in [0, 0.05) is 24.6 Å². The maximum absolute atomic E-state index is 10.9. The lowest BCUT2D eigenvalue weighted by molar-refractivity contribution is -0.136. The normalized spacial score (nSPS) is 18.6. The molecule has 1 fully saturated rings. The van der Waals surface area contributed by atoms with Crippen molar-refractivity contribution in [3.05, 3.63) is 22.3 Å². The summed E-state index contributed by atoms with van der Waals surface area (Å²) in [7, 11) is 0. The van der Waals surface area contributed by atoms with E-state index < -0.39 is 5.97 Å². The second-order valence-electron chi connectivity index (χ2n) is 4.56. The van der Waals surface area contributed by atoms with Gasteiger partial charge in [0.2, 0.25) is 0 Å². The van der Waals surface area contributed by atoms with Crippen molar-refractivity contribution >= 4 is 29.6 Å². The van der Waals surface area contributed by atoms with Gasteiger partial charge in [0.15, 0.2) is 0 Å². The fourth-order valence-electron chi connectivity index (χ4n) is 2.15. The Morgan fingerprint density at radius 3 is 3.05 bits per heavy atom. The van der Waals surface area contributed by atoms with E-state index in [4.69, 9.17) is 26.9 Å². The average Bonchev–Trinajstić information content (AvgIpc) is 2.43. The van der Waals surface area contributed by atoms with Crippen LogP contribution < -0.4 is 5.32 Å². The average molecular weight is 298 g/mol. The number of nitrogens with one attached hydrogen (secondary N) is 2. The predicted molar refractivity (Wildman–Crippen MR) is 75.7 cm³/mol. The second-order valence-corrected chi connectivity index (χ2v) is 4.97. The number of aliphatic carboxylic acids is 1. The van der Waals surface area contributed by atoms with E-state index in [1.165, 1.54) is 6.20 Å². The summed E-state index contributed by atoms with van der Waals surface area (Å²) < 4.78 is 5.56. The van der Waals surface area contributed by atoms with E-state index in [0.29, 0.717) is 23.6 Å². The summed E-state index contributed by atoms with van der Waals surface area (Å²) in [6, 6.07) is 0. The van der Waals surface area contributed by atoms with Gasteiger partial charge in [-0.05, 0) is 24.8 Å². The number of carboxylic acid groups (broad SMARTS) is 1. The Hall–Kier alpha value is -1.66. The monoisotopic (exact) mass is 297 g/mol. The van der Waals surface area contributed by atoms with Crippen LogP contribution in [0, 0.1) is 5.41 Å². The minimum absolute atomic E-state index is 0.159. The van der Waals surface area contributed by atoms with Crippen molar-refractivity contribution in [2.24, 2.45) is 0 Å². The molecule has 1 aromatic rings. The molecule has 1 aromatic heterocycles. The molecule has 3 N–H and O–H groups in total. The van der Waals surface area contributed by atoms with Gasteiger partial charge in [0.25, 0.3) is 0 Å². The molecule has 7 heteroatoms. The van der Waals surface area contributed by atoms with E-state index in [2.05, 4.69) is 10.3 Å². The largest absolute Gasteiger partial charge is 0.481 e. The van der Waals surface area contributed by atoms with Crippen LogP contribution in [0.4, 0.5) is 5.82 Å². The maximum Gasteiger partial charge on any atom is 0.307 e.